The van der Waals surface area contributed by atoms with E-state index in [-0.39, 0.29) is 5.11 Å². The van der Waals surface area contributed by atoms with Crippen LogP contribution in [0, 0.1) is 0 Å². The molecule has 3 N–H and O–H groups in total. The normalized spacial score (nSPS) is 30.3. The van der Waals surface area contributed by atoms with Crippen LogP contribution in [0.5, 0.6) is 0 Å². The lowest BCUT2D eigenvalue weighted by atomic mass is 10.0. The fourth-order valence-electron chi connectivity index (χ4n) is 2.30. The Kier molecular flexibility index (Phi) is 2.98. The van der Waals surface area contributed by atoms with E-state index < -0.39 is 0 Å². The van der Waals surface area contributed by atoms with Crippen molar-refractivity contribution in [3.8, 4) is 0 Å². The Morgan fingerprint density at radius 2 is 2.43 bits per heavy atom. The second-order valence-electron chi connectivity index (χ2n) is 3.94. The van der Waals surface area contributed by atoms with E-state index in [2.05, 4.69) is 15.4 Å². The van der Waals surface area contributed by atoms with Gasteiger partial charge in [0.15, 0.2) is 5.11 Å². The smallest absolute Gasteiger partial charge is 0.184 e. The number of nitrogens with two attached hydrogens (primary N) is 1. The summed E-state index contributed by atoms with van der Waals surface area (Å²) in [5, 5.41) is 4.47. The summed E-state index contributed by atoms with van der Waals surface area (Å²) >= 11 is 4.71. The van der Waals surface area contributed by atoms with E-state index in [1.54, 1.807) is 0 Å². The third-order valence-electron chi connectivity index (χ3n) is 2.98. The summed E-state index contributed by atoms with van der Waals surface area (Å²) in [6, 6.07) is 0.718. The maximum Gasteiger partial charge on any atom is 0.184 e. The van der Waals surface area contributed by atoms with Crippen LogP contribution in [-0.2, 0) is 0 Å². The molecule has 0 aromatic heterocycles. The number of nitrogens with one attached hydrogen (secondary N) is 1. The molecule has 2 heterocycles. The number of rotatable bonds is 1. The monoisotopic (exact) mass is 212 g/mol. The Balaban J connectivity index is 1.90. The average molecular weight is 212 g/mol. The predicted molar refractivity (Wildman–Crippen MR) is 61.2 cm³/mol. The van der Waals surface area contributed by atoms with Gasteiger partial charge in [0.25, 0.3) is 0 Å². The van der Waals surface area contributed by atoms with Crippen molar-refractivity contribution in [3.63, 3.8) is 0 Å². The van der Waals surface area contributed by atoms with Crippen LogP contribution >= 0.6 is 12.2 Å². The van der Waals surface area contributed by atoms with Gasteiger partial charge in [0, 0.05) is 31.1 Å². The molecule has 2 aliphatic rings. The number of nitrogens with zero attached hydrogens (tertiary/aromatic N) is 2. The van der Waals surface area contributed by atoms with Crippen molar-refractivity contribution in [2.24, 2.45) is 10.8 Å². The van der Waals surface area contributed by atoms with Crippen LogP contribution in [0.4, 0.5) is 0 Å². The molecule has 0 spiro atoms. The summed E-state index contributed by atoms with van der Waals surface area (Å²) < 4.78 is 0. The molecule has 2 rings (SSSR count). The molecular weight excluding hydrogens is 196 g/mol. The van der Waals surface area contributed by atoms with Gasteiger partial charge in [0.1, 0.15) is 0 Å². The molecule has 0 radical (unpaired) electrons. The van der Waals surface area contributed by atoms with Crippen LogP contribution in [0.15, 0.2) is 5.10 Å². The van der Waals surface area contributed by atoms with Crippen LogP contribution in [0.1, 0.15) is 25.7 Å². The highest BCUT2D eigenvalue weighted by Gasteiger charge is 2.29. The molecule has 0 saturated carbocycles. The first-order valence-electron chi connectivity index (χ1n) is 5.10. The van der Waals surface area contributed by atoms with Crippen LogP contribution in [0.3, 0.4) is 0 Å². The lowest BCUT2D eigenvalue weighted by molar-refractivity contribution is 0.249. The molecule has 2 fully saturated rings. The van der Waals surface area contributed by atoms with E-state index in [1.807, 2.05) is 0 Å². The van der Waals surface area contributed by atoms with Crippen molar-refractivity contribution in [1.82, 2.24) is 10.3 Å². The summed E-state index contributed by atoms with van der Waals surface area (Å²) in [6.45, 7) is 2.41. The van der Waals surface area contributed by atoms with Crippen molar-refractivity contribution in [2.45, 2.75) is 31.7 Å². The SMILES string of the molecule is NC(=S)NN=C1CCN2CCCC2C1. The number of hydrazone groups is 1. The van der Waals surface area contributed by atoms with Crippen molar-refractivity contribution in [2.75, 3.05) is 13.1 Å². The molecule has 0 bridgehead atoms. The molecule has 1 atom stereocenters. The van der Waals surface area contributed by atoms with Gasteiger partial charge in [-0.15, -0.1) is 0 Å². The van der Waals surface area contributed by atoms with Gasteiger partial charge in [0.05, 0.1) is 0 Å². The minimum atomic E-state index is 0.256. The standard InChI is InChI=1S/C9H16N4S/c10-9(14)12-11-7-3-5-13-4-1-2-8(13)6-7/h8H,1-6H2,(H3,10,12,14). The van der Waals surface area contributed by atoms with Gasteiger partial charge in [-0.2, -0.15) is 5.10 Å². The van der Waals surface area contributed by atoms with Gasteiger partial charge in [-0.25, -0.2) is 0 Å². The van der Waals surface area contributed by atoms with Crippen LogP contribution in [0.25, 0.3) is 0 Å². The molecule has 4 nitrogen and oxygen atoms in total. The molecule has 1 unspecified atom stereocenters. The second kappa shape index (κ2) is 4.23. The van der Waals surface area contributed by atoms with Crippen molar-refractivity contribution >= 4 is 23.0 Å². The largest absolute Gasteiger partial charge is 0.375 e. The van der Waals surface area contributed by atoms with Gasteiger partial charge >= 0.3 is 0 Å². The summed E-state index contributed by atoms with van der Waals surface area (Å²) in [5.74, 6) is 0. The van der Waals surface area contributed by atoms with E-state index in [4.69, 9.17) is 18.0 Å². The first kappa shape index (κ1) is 9.86. The van der Waals surface area contributed by atoms with E-state index in [0.29, 0.717) is 0 Å². The minimum absolute atomic E-state index is 0.256. The van der Waals surface area contributed by atoms with Gasteiger partial charge in [-0.1, -0.05) is 0 Å². The molecule has 14 heavy (non-hydrogen) atoms. The van der Waals surface area contributed by atoms with E-state index in [9.17, 15) is 0 Å². The molecule has 0 aromatic rings. The minimum Gasteiger partial charge on any atom is -0.375 e. The highest BCUT2D eigenvalue weighted by atomic mass is 32.1. The van der Waals surface area contributed by atoms with Crippen LogP contribution in [0.2, 0.25) is 0 Å². The first-order valence-corrected chi connectivity index (χ1v) is 5.51. The lowest BCUT2D eigenvalue weighted by Crippen LogP contribution is -2.39. The van der Waals surface area contributed by atoms with E-state index >= 15 is 0 Å². The Bertz CT molecular complexity index is 264. The Labute approximate surface area is 89.5 Å². The zero-order chi connectivity index (χ0) is 9.97. The highest BCUT2D eigenvalue weighted by molar-refractivity contribution is 7.80. The molecule has 2 saturated heterocycles. The topological polar surface area (TPSA) is 53.6 Å². The molecule has 2 aliphatic heterocycles. The van der Waals surface area contributed by atoms with Crippen molar-refractivity contribution < 1.29 is 0 Å². The number of fused-ring (bicyclic) bond motifs is 1. The van der Waals surface area contributed by atoms with E-state index in [1.165, 1.54) is 25.1 Å². The number of piperidine rings is 1. The van der Waals surface area contributed by atoms with E-state index in [0.717, 1.165) is 25.4 Å². The Morgan fingerprint density at radius 3 is 3.21 bits per heavy atom. The molecule has 0 aromatic carbocycles. The molecule has 0 aliphatic carbocycles. The fraction of sp³-hybridized carbons (Fsp3) is 0.778. The van der Waals surface area contributed by atoms with Crippen molar-refractivity contribution in [1.29, 1.82) is 0 Å². The summed E-state index contributed by atoms with van der Waals surface area (Å²) in [4.78, 5) is 2.56. The summed E-state index contributed by atoms with van der Waals surface area (Å²) in [5.41, 5.74) is 9.20. The maximum atomic E-state index is 5.32. The van der Waals surface area contributed by atoms with Crippen LogP contribution in [-0.4, -0.2) is 34.9 Å². The third-order valence-corrected chi connectivity index (χ3v) is 3.07. The Hall–Kier alpha value is -0.680. The zero-order valence-electron chi connectivity index (χ0n) is 8.20. The highest BCUT2D eigenvalue weighted by Crippen LogP contribution is 2.25. The second-order valence-corrected chi connectivity index (χ2v) is 4.38. The van der Waals surface area contributed by atoms with Crippen LogP contribution < -0.4 is 11.2 Å². The Morgan fingerprint density at radius 1 is 1.57 bits per heavy atom. The summed E-state index contributed by atoms with van der Waals surface area (Å²) in [7, 11) is 0. The number of thiocarbonyl (C=S) groups is 1. The number of hydrogen-bond donors (Lipinski definition) is 2. The third kappa shape index (κ3) is 2.22. The average Bonchev–Trinajstić information content (AvgIpc) is 2.61. The molecule has 5 heteroatoms. The molecule has 0 amide bonds. The maximum absolute atomic E-state index is 5.32. The summed E-state index contributed by atoms with van der Waals surface area (Å²) in [6.07, 6.45) is 4.77. The van der Waals surface area contributed by atoms with Gasteiger partial charge in [0.2, 0.25) is 0 Å². The first-order chi connectivity index (χ1) is 6.75. The molecular formula is C9H16N4S. The lowest BCUT2D eigenvalue weighted by Gasteiger charge is -2.30. The van der Waals surface area contributed by atoms with Gasteiger partial charge in [-0.3, -0.25) is 10.3 Å². The van der Waals surface area contributed by atoms with Gasteiger partial charge < -0.3 is 5.73 Å². The number of hydrogen-bond acceptors (Lipinski definition) is 3. The van der Waals surface area contributed by atoms with Gasteiger partial charge in [-0.05, 0) is 31.6 Å². The fourth-order valence-corrected chi connectivity index (χ4v) is 2.35. The molecule has 78 valence electrons. The predicted octanol–water partition coefficient (Wildman–Crippen LogP) is 0.434. The van der Waals surface area contributed by atoms with Crippen molar-refractivity contribution in [3.05, 3.63) is 0 Å². The zero-order valence-corrected chi connectivity index (χ0v) is 9.02. The quantitative estimate of drug-likeness (QED) is 0.489.